The van der Waals surface area contributed by atoms with Crippen molar-refractivity contribution in [1.29, 1.82) is 0 Å². The van der Waals surface area contributed by atoms with Crippen LogP contribution in [0.5, 0.6) is 5.75 Å². The van der Waals surface area contributed by atoms with E-state index in [1.807, 2.05) is 19.1 Å². The maximum Gasteiger partial charge on any atom is 0.408 e. The van der Waals surface area contributed by atoms with Gasteiger partial charge < -0.3 is 30.5 Å². The van der Waals surface area contributed by atoms with Gasteiger partial charge in [0, 0.05) is 12.2 Å². The Morgan fingerprint density at radius 1 is 1.09 bits per heavy atom. The number of alkyl carbamates (subject to hydrolysis) is 1. The Balaban J connectivity index is 2.32. The van der Waals surface area contributed by atoms with Crippen LogP contribution in [0.1, 0.15) is 37.9 Å². The second kappa shape index (κ2) is 11.3. The molecule has 0 bridgehead atoms. The van der Waals surface area contributed by atoms with Gasteiger partial charge >= 0.3 is 6.09 Å². The summed E-state index contributed by atoms with van der Waals surface area (Å²) >= 11 is 0. The highest BCUT2D eigenvalue weighted by atomic mass is 16.6. The highest BCUT2D eigenvalue weighted by Gasteiger charge is 2.32. The minimum Gasteiger partial charge on any atom is -0.508 e. The van der Waals surface area contributed by atoms with Crippen LogP contribution < -0.4 is 10.6 Å². The summed E-state index contributed by atoms with van der Waals surface area (Å²) in [6.45, 7) is 5.89. The molecule has 0 fully saturated rings. The summed E-state index contributed by atoms with van der Waals surface area (Å²) in [7, 11) is 0. The third-order valence-corrected chi connectivity index (χ3v) is 4.59. The molecule has 0 aromatic heterocycles. The van der Waals surface area contributed by atoms with Gasteiger partial charge in [-0.05, 0) is 57.0 Å². The zero-order valence-corrected chi connectivity index (χ0v) is 19.3. The van der Waals surface area contributed by atoms with E-state index < -0.39 is 42.7 Å². The fourth-order valence-electron chi connectivity index (χ4n) is 3.15. The Bertz CT molecular complexity index is 986. The van der Waals surface area contributed by atoms with Crippen LogP contribution in [-0.4, -0.2) is 58.3 Å². The number of aromatic hydroxyl groups is 1. The van der Waals surface area contributed by atoms with Crippen molar-refractivity contribution in [3.8, 4) is 5.75 Å². The number of amides is 3. The molecule has 2 rings (SSSR count). The summed E-state index contributed by atoms with van der Waals surface area (Å²) in [6, 6.07) is 12.0. The molecule has 9 heteroatoms. The first-order valence-corrected chi connectivity index (χ1v) is 10.5. The summed E-state index contributed by atoms with van der Waals surface area (Å²) in [5, 5.41) is 24.7. The van der Waals surface area contributed by atoms with Crippen LogP contribution in [-0.2, 0) is 14.3 Å². The van der Waals surface area contributed by atoms with Crippen LogP contribution in [0.4, 0.5) is 10.5 Å². The van der Waals surface area contributed by atoms with Gasteiger partial charge in [-0.2, -0.15) is 0 Å². The standard InChI is InChI=1S/C24H31N3O6/c1-16-8-5-6-11-19(16)26-22(31)21(17-9-7-10-18(29)14-17)27(12-13-28)20(30)15-25-23(32)33-24(2,3)4/h5-11,14,21,28-29H,12-13,15H2,1-4H3,(H,25,32)(H,26,31). The number of phenols is 1. The first-order valence-electron chi connectivity index (χ1n) is 10.5. The van der Waals surface area contributed by atoms with E-state index in [2.05, 4.69) is 10.6 Å². The molecule has 0 aliphatic carbocycles. The molecular formula is C24H31N3O6. The highest BCUT2D eigenvalue weighted by molar-refractivity contribution is 5.98. The van der Waals surface area contributed by atoms with Gasteiger partial charge in [0.15, 0.2) is 0 Å². The van der Waals surface area contributed by atoms with E-state index in [4.69, 9.17) is 4.74 Å². The van der Waals surface area contributed by atoms with E-state index in [0.29, 0.717) is 11.3 Å². The normalized spacial score (nSPS) is 11.9. The fourth-order valence-corrected chi connectivity index (χ4v) is 3.15. The number of rotatable bonds is 8. The quantitative estimate of drug-likeness (QED) is 0.483. The Morgan fingerprint density at radius 2 is 1.79 bits per heavy atom. The molecule has 2 aromatic carbocycles. The lowest BCUT2D eigenvalue weighted by Gasteiger charge is -2.31. The molecule has 33 heavy (non-hydrogen) atoms. The number of para-hydroxylation sites is 1. The molecule has 178 valence electrons. The van der Waals surface area contributed by atoms with Gasteiger partial charge in [-0.15, -0.1) is 0 Å². The zero-order valence-electron chi connectivity index (χ0n) is 19.3. The number of hydrogen-bond donors (Lipinski definition) is 4. The van der Waals surface area contributed by atoms with Crippen molar-refractivity contribution in [3.05, 3.63) is 59.7 Å². The lowest BCUT2D eigenvalue weighted by Crippen LogP contribution is -2.47. The predicted octanol–water partition coefficient (Wildman–Crippen LogP) is 2.73. The number of anilines is 1. The van der Waals surface area contributed by atoms with Gasteiger partial charge in [-0.25, -0.2) is 4.79 Å². The summed E-state index contributed by atoms with van der Waals surface area (Å²) in [4.78, 5) is 39.5. The number of benzene rings is 2. The van der Waals surface area contributed by atoms with Crippen LogP contribution in [0, 0.1) is 6.92 Å². The minimum absolute atomic E-state index is 0.0792. The largest absolute Gasteiger partial charge is 0.508 e. The van der Waals surface area contributed by atoms with Crippen molar-refractivity contribution < 1.29 is 29.3 Å². The molecule has 0 spiro atoms. The molecule has 0 saturated heterocycles. The Kier molecular flexibility index (Phi) is 8.81. The molecule has 0 aliphatic heterocycles. The molecule has 0 heterocycles. The number of aliphatic hydroxyl groups excluding tert-OH is 1. The molecule has 0 saturated carbocycles. The topological polar surface area (TPSA) is 128 Å². The van der Waals surface area contributed by atoms with Gasteiger partial charge in [0.1, 0.15) is 23.9 Å². The van der Waals surface area contributed by atoms with E-state index in [9.17, 15) is 24.6 Å². The number of nitrogens with one attached hydrogen (secondary N) is 2. The Labute approximate surface area is 193 Å². The second-order valence-electron chi connectivity index (χ2n) is 8.47. The van der Waals surface area contributed by atoms with Gasteiger partial charge in [0.2, 0.25) is 5.91 Å². The molecule has 0 radical (unpaired) electrons. The number of hydrogen-bond acceptors (Lipinski definition) is 6. The van der Waals surface area contributed by atoms with Crippen molar-refractivity contribution in [1.82, 2.24) is 10.2 Å². The first-order chi connectivity index (χ1) is 15.5. The van der Waals surface area contributed by atoms with Crippen molar-refractivity contribution in [2.45, 2.75) is 39.3 Å². The number of phenolic OH excluding ortho intramolecular Hbond substituents is 1. The summed E-state index contributed by atoms with van der Waals surface area (Å²) < 4.78 is 5.15. The van der Waals surface area contributed by atoms with Crippen LogP contribution in [0.15, 0.2) is 48.5 Å². The van der Waals surface area contributed by atoms with Crippen LogP contribution in [0.3, 0.4) is 0 Å². The lowest BCUT2D eigenvalue weighted by molar-refractivity contribution is -0.138. The van der Waals surface area contributed by atoms with Crippen LogP contribution >= 0.6 is 0 Å². The van der Waals surface area contributed by atoms with Gasteiger partial charge in [-0.3, -0.25) is 9.59 Å². The average molecular weight is 458 g/mol. The first kappa shape index (κ1) is 25.7. The Hall–Kier alpha value is -3.59. The summed E-state index contributed by atoms with van der Waals surface area (Å²) in [5.74, 6) is -1.22. The van der Waals surface area contributed by atoms with E-state index >= 15 is 0 Å². The molecular weight excluding hydrogens is 426 g/mol. The van der Waals surface area contributed by atoms with Crippen LogP contribution in [0.25, 0.3) is 0 Å². The molecule has 0 aliphatic rings. The number of aryl methyl sites for hydroxylation is 1. The van der Waals surface area contributed by atoms with Gasteiger partial charge in [-0.1, -0.05) is 30.3 Å². The SMILES string of the molecule is Cc1ccccc1NC(=O)C(c1cccc(O)c1)N(CCO)C(=O)CNC(=O)OC(C)(C)C. The number of carbonyl (C=O) groups is 3. The van der Waals surface area contributed by atoms with Crippen molar-refractivity contribution >= 4 is 23.6 Å². The summed E-state index contributed by atoms with van der Waals surface area (Å²) in [6.07, 6.45) is -0.780. The minimum atomic E-state index is -1.17. The molecule has 9 nitrogen and oxygen atoms in total. The van der Waals surface area contributed by atoms with Crippen molar-refractivity contribution in [3.63, 3.8) is 0 Å². The van der Waals surface area contributed by atoms with E-state index in [0.717, 1.165) is 10.5 Å². The van der Waals surface area contributed by atoms with E-state index in [-0.39, 0.29) is 12.3 Å². The third kappa shape index (κ3) is 7.80. The smallest absolute Gasteiger partial charge is 0.408 e. The predicted molar refractivity (Wildman–Crippen MR) is 124 cm³/mol. The zero-order chi connectivity index (χ0) is 24.6. The van der Waals surface area contributed by atoms with E-state index in [1.165, 1.54) is 12.1 Å². The molecule has 3 amide bonds. The highest BCUT2D eigenvalue weighted by Crippen LogP contribution is 2.26. The number of aliphatic hydroxyl groups is 1. The third-order valence-electron chi connectivity index (χ3n) is 4.59. The second-order valence-corrected chi connectivity index (χ2v) is 8.47. The maximum absolute atomic E-state index is 13.3. The van der Waals surface area contributed by atoms with Crippen molar-refractivity contribution in [2.75, 3.05) is 25.0 Å². The van der Waals surface area contributed by atoms with E-state index in [1.54, 1.807) is 45.0 Å². The van der Waals surface area contributed by atoms with Crippen LogP contribution in [0.2, 0.25) is 0 Å². The fraction of sp³-hybridized carbons (Fsp3) is 0.375. The number of carbonyl (C=O) groups excluding carboxylic acids is 3. The number of nitrogens with zero attached hydrogens (tertiary/aromatic N) is 1. The lowest BCUT2D eigenvalue weighted by atomic mass is 10.0. The monoisotopic (exact) mass is 457 g/mol. The summed E-state index contributed by atoms with van der Waals surface area (Å²) in [5.41, 5.74) is 0.998. The van der Waals surface area contributed by atoms with Gasteiger partial charge in [0.05, 0.1) is 6.61 Å². The number of ether oxygens (including phenoxy) is 1. The molecule has 2 aromatic rings. The molecule has 1 atom stereocenters. The average Bonchev–Trinajstić information content (AvgIpc) is 2.72. The van der Waals surface area contributed by atoms with Crippen molar-refractivity contribution in [2.24, 2.45) is 0 Å². The Morgan fingerprint density at radius 3 is 2.39 bits per heavy atom. The molecule has 1 unspecified atom stereocenters. The van der Waals surface area contributed by atoms with Gasteiger partial charge in [0.25, 0.3) is 5.91 Å². The molecule has 4 N–H and O–H groups in total. The maximum atomic E-state index is 13.3.